The third-order valence-corrected chi connectivity index (χ3v) is 4.56. The zero-order valence-electron chi connectivity index (χ0n) is 16.7. The van der Waals surface area contributed by atoms with Crippen LogP contribution in [0.2, 0.25) is 0 Å². The minimum atomic E-state index is -0.397. The van der Waals surface area contributed by atoms with E-state index in [1.54, 1.807) is 18.2 Å². The first kappa shape index (κ1) is 21.0. The van der Waals surface area contributed by atoms with Crippen LogP contribution >= 0.6 is 0 Å². The van der Waals surface area contributed by atoms with Gasteiger partial charge in [0.15, 0.2) is 0 Å². The Hall–Kier alpha value is -3.67. The minimum Gasteiger partial charge on any atom is -0.493 e. The second kappa shape index (κ2) is 10.2. The quantitative estimate of drug-likeness (QED) is 0.579. The summed E-state index contributed by atoms with van der Waals surface area (Å²) < 4.78 is 23.4. The van der Waals surface area contributed by atoms with Gasteiger partial charge < -0.3 is 14.8 Å². The molecule has 0 spiro atoms. The lowest BCUT2D eigenvalue weighted by atomic mass is 10.00. The van der Waals surface area contributed by atoms with Crippen LogP contribution in [0.3, 0.4) is 0 Å². The maximum atomic E-state index is 13.2. The summed E-state index contributed by atoms with van der Waals surface area (Å²) in [6.07, 6.45) is 6.68. The van der Waals surface area contributed by atoms with Gasteiger partial charge in [-0.3, -0.25) is 4.98 Å². The van der Waals surface area contributed by atoms with Crippen molar-refractivity contribution in [1.29, 1.82) is 0 Å². The number of rotatable bonds is 4. The number of pyridine rings is 1. The maximum Gasteiger partial charge on any atom is 0.340 e. The number of nitrogens with one attached hydrogen (secondary N) is 1. The van der Waals surface area contributed by atoms with Crippen molar-refractivity contribution in [1.82, 2.24) is 4.98 Å². The van der Waals surface area contributed by atoms with Crippen LogP contribution in [-0.2, 0) is 11.2 Å². The number of benzene rings is 2. The van der Waals surface area contributed by atoms with Crippen molar-refractivity contribution in [2.75, 3.05) is 19.0 Å². The predicted molar refractivity (Wildman–Crippen MR) is 117 cm³/mol. The van der Waals surface area contributed by atoms with Gasteiger partial charge in [0.05, 0.1) is 31.2 Å². The monoisotopic (exact) mass is 408 g/mol. The fourth-order valence-electron chi connectivity index (χ4n) is 3.10. The first-order valence-electron chi connectivity index (χ1n) is 9.54. The molecule has 156 valence electrons. The maximum absolute atomic E-state index is 13.2. The summed E-state index contributed by atoms with van der Waals surface area (Å²) in [6, 6.07) is 14.3. The highest BCUT2D eigenvalue weighted by Gasteiger charge is 2.11. The van der Waals surface area contributed by atoms with E-state index in [1.165, 1.54) is 37.3 Å². The standard InChI is InChI=1S/C15H13FO.C9H10N2O2.H2/c16-14-5-1-3-12(9-14)13-7-6-11-4-2-8-17-15(11)10-13;1-3-11-8-6-10-5-4-7(8)9(12)13-2;/h1,3,5-7,9-10H,2,4,8H2;3-6,11H,1H2,2H3;1H. The largest absolute Gasteiger partial charge is 0.493 e. The summed E-state index contributed by atoms with van der Waals surface area (Å²) in [5.74, 6) is 0.339. The van der Waals surface area contributed by atoms with E-state index in [-0.39, 0.29) is 7.24 Å². The number of carbonyl (C=O) groups excluding carboxylic acids is 1. The minimum absolute atomic E-state index is 0. The number of nitrogens with zero attached hydrogens (tertiary/aromatic N) is 1. The van der Waals surface area contributed by atoms with Crippen molar-refractivity contribution in [2.45, 2.75) is 12.8 Å². The van der Waals surface area contributed by atoms with E-state index in [2.05, 4.69) is 27.7 Å². The number of methoxy groups -OCH3 is 1. The Labute approximate surface area is 176 Å². The van der Waals surface area contributed by atoms with Crippen molar-refractivity contribution < 1.29 is 20.1 Å². The van der Waals surface area contributed by atoms with E-state index in [0.29, 0.717) is 11.3 Å². The highest BCUT2D eigenvalue weighted by atomic mass is 19.1. The second-order valence-electron chi connectivity index (χ2n) is 6.55. The SMILES string of the molecule is C=CNc1cnccc1C(=O)OC.Fc1cccc(-c2ccc3c(c2)OCCC3)c1.[HH]. The van der Waals surface area contributed by atoms with Gasteiger partial charge in [-0.1, -0.05) is 30.8 Å². The second-order valence-corrected chi connectivity index (χ2v) is 6.55. The number of hydrogen-bond donors (Lipinski definition) is 1. The molecule has 3 aromatic rings. The van der Waals surface area contributed by atoms with Crippen LogP contribution in [0.15, 0.2) is 73.7 Å². The molecule has 0 radical (unpaired) electrons. The molecule has 0 saturated carbocycles. The lowest BCUT2D eigenvalue weighted by Crippen LogP contribution is -2.07. The Balaban J connectivity index is 0.000000222. The van der Waals surface area contributed by atoms with E-state index < -0.39 is 5.97 Å². The van der Waals surface area contributed by atoms with Gasteiger partial charge in [0.1, 0.15) is 11.6 Å². The van der Waals surface area contributed by atoms with E-state index in [4.69, 9.17) is 4.74 Å². The highest BCUT2D eigenvalue weighted by molar-refractivity contribution is 5.95. The van der Waals surface area contributed by atoms with Crippen LogP contribution in [0, 0.1) is 5.82 Å². The van der Waals surface area contributed by atoms with Crippen molar-refractivity contribution in [3.05, 3.63) is 90.6 Å². The van der Waals surface area contributed by atoms with E-state index in [0.717, 1.165) is 36.3 Å². The average molecular weight is 408 g/mol. The number of fused-ring (bicyclic) bond motifs is 1. The van der Waals surface area contributed by atoms with Crippen molar-refractivity contribution in [3.63, 3.8) is 0 Å². The molecule has 0 saturated heterocycles. The molecular weight excluding hydrogens is 383 g/mol. The summed E-state index contributed by atoms with van der Waals surface area (Å²) in [6.45, 7) is 4.27. The zero-order valence-corrected chi connectivity index (χ0v) is 16.7. The first-order valence-corrected chi connectivity index (χ1v) is 9.54. The number of anilines is 1. The van der Waals surface area contributed by atoms with Gasteiger partial charge in [0.2, 0.25) is 0 Å². The molecule has 0 atom stereocenters. The number of aromatic nitrogens is 1. The van der Waals surface area contributed by atoms with Crippen molar-refractivity contribution in [3.8, 4) is 16.9 Å². The predicted octanol–water partition coefficient (Wildman–Crippen LogP) is 5.49. The highest BCUT2D eigenvalue weighted by Crippen LogP contribution is 2.30. The molecule has 1 aliphatic rings. The Morgan fingerprint density at radius 1 is 1.27 bits per heavy atom. The number of halogens is 1. The van der Waals surface area contributed by atoms with E-state index >= 15 is 0 Å². The van der Waals surface area contributed by atoms with Crippen molar-refractivity contribution >= 4 is 11.7 Å². The van der Waals surface area contributed by atoms with Gasteiger partial charge in [0, 0.05) is 7.62 Å². The van der Waals surface area contributed by atoms with Gasteiger partial charge in [0.25, 0.3) is 0 Å². The number of carbonyl (C=O) groups is 1. The van der Waals surface area contributed by atoms with Crippen LogP contribution in [-0.4, -0.2) is 24.7 Å². The summed E-state index contributed by atoms with van der Waals surface area (Å²) in [5.41, 5.74) is 4.17. The third-order valence-electron chi connectivity index (χ3n) is 4.56. The number of esters is 1. The third kappa shape index (κ3) is 5.23. The molecule has 0 bridgehead atoms. The lowest BCUT2D eigenvalue weighted by molar-refractivity contribution is 0.0601. The molecule has 0 unspecified atom stereocenters. The summed E-state index contributed by atoms with van der Waals surface area (Å²) in [7, 11) is 1.33. The Morgan fingerprint density at radius 2 is 2.10 bits per heavy atom. The number of aryl methyl sites for hydroxylation is 1. The molecule has 4 rings (SSSR count). The molecule has 0 amide bonds. The van der Waals surface area contributed by atoms with Crippen LogP contribution < -0.4 is 10.1 Å². The number of hydrogen-bond acceptors (Lipinski definition) is 5. The molecule has 1 aromatic heterocycles. The van der Waals surface area contributed by atoms with Crippen LogP contribution in [0.1, 0.15) is 23.8 Å². The smallest absolute Gasteiger partial charge is 0.340 e. The Kier molecular flexibility index (Phi) is 7.16. The molecule has 2 heterocycles. The first-order chi connectivity index (χ1) is 14.6. The Bertz CT molecular complexity index is 1040. The number of ether oxygens (including phenoxy) is 2. The lowest BCUT2D eigenvalue weighted by Gasteiger charge is -2.18. The van der Waals surface area contributed by atoms with E-state index in [9.17, 15) is 9.18 Å². The molecular formula is C24H25FN2O3. The summed E-state index contributed by atoms with van der Waals surface area (Å²) in [5, 5.41) is 2.79. The van der Waals surface area contributed by atoms with Crippen molar-refractivity contribution in [2.24, 2.45) is 0 Å². The van der Waals surface area contributed by atoms with Gasteiger partial charge in [-0.15, -0.1) is 0 Å². The summed E-state index contributed by atoms with van der Waals surface area (Å²) >= 11 is 0. The molecule has 0 fully saturated rings. The van der Waals surface area contributed by atoms with Gasteiger partial charge in [-0.2, -0.15) is 0 Å². The average Bonchev–Trinajstić information content (AvgIpc) is 2.79. The fraction of sp³-hybridized carbons (Fsp3) is 0.167. The van der Waals surface area contributed by atoms with Gasteiger partial charge >= 0.3 is 5.97 Å². The molecule has 30 heavy (non-hydrogen) atoms. The van der Waals surface area contributed by atoms with Gasteiger partial charge in [-0.25, -0.2) is 9.18 Å². The molecule has 0 aliphatic carbocycles. The van der Waals surface area contributed by atoms with E-state index in [1.807, 2.05) is 18.2 Å². The normalized spacial score (nSPS) is 11.8. The molecule has 1 N–H and O–H groups in total. The molecule has 5 nitrogen and oxygen atoms in total. The molecule has 6 heteroatoms. The topological polar surface area (TPSA) is 60.5 Å². The van der Waals surface area contributed by atoms with Crippen LogP contribution in [0.4, 0.5) is 10.1 Å². The molecule has 2 aromatic carbocycles. The van der Waals surface area contributed by atoms with Gasteiger partial charge in [-0.05, 0) is 60.0 Å². The van der Waals surface area contributed by atoms with Crippen LogP contribution in [0.5, 0.6) is 5.75 Å². The molecule has 1 aliphatic heterocycles. The fourth-order valence-corrected chi connectivity index (χ4v) is 3.10. The zero-order chi connectivity index (χ0) is 21.3. The van der Waals surface area contributed by atoms with Crippen LogP contribution in [0.25, 0.3) is 11.1 Å². The Morgan fingerprint density at radius 3 is 2.87 bits per heavy atom. The summed E-state index contributed by atoms with van der Waals surface area (Å²) in [4.78, 5) is 15.0.